The van der Waals surface area contributed by atoms with Crippen LogP contribution in [0.3, 0.4) is 0 Å². The summed E-state index contributed by atoms with van der Waals surface area (Å²) < 4.78 is 17.4. The fourth-order valence-corrected chi connectivity index (χ4v) is 5.12. The van der Waals surface area contributed by atoms with Crippen molar-refractivity contribution in [2.75, 3.05) is 33.4 Å². The Bertz CT molecular complexity index is 1050. The Morgan fingerprint density at radius 2 is 2.12 bits per heavy atom. The number of hydrogen-bond acceptors (Lipinski definition) is 7. The van der Waals surface area contributed by atoms with Crippen LogP contribution in [-0.2, 0) is 16.0 Å². The Morgan fingerprint density at radius 3 is 2.85 bits per heavy atom. The molecule has 136 valence electrons. The molecule has 0 bridgehead atoms. The Kier molecular flexibility index (Phi) is 4.83. The van der Waals surface area contributed by atoms with Gasteiger partial charge in [-0.1, -0.05) is 12.1 Å². The molecule has 1 aliphatic heterocycles. The predicted octanol–water partition coefficient (Wildman–Crippen LogP) is 3.39. The Labute approximate surface area is 161 Å². The van der Waals surface area contributed by atoms with E-state index in [1.807, 2.05) is 12.1 Å². The van der Waals surface area contributed by atoms with E-state index in [9.17, 15) is 9.59 Å². The van der Waals surface area contributed by atoms with E-state index < -0.39 is 11.6 Å². The Hall–Kier alpha value is -1.74. The number of ether oxygens (including phenoxy) is 2. The summed E-state index contributed by atoms with van der Waals surface area (Å²) in [6.45, 7) is 4.11. The number of morpholine rings is 1. The molecule has 0 N–H and O–H groups in total. The van der Waals surface area contributed by atoms with Gasteiger partial charge in [0.1, 0.15) is 5.56 Å². The van der Waals surface area contributed by atoms with Gasteiger partial charge in [0.05, 0.1) is 25.0 Å². The highest BCUT2D eigenvalue weighted by Crippen LogP contribution is 2.40. The number of esters is 1. The van der Waals surface area contributed by atoms with Gasteiger partial charge in [-0.2, -0.15) is 0 Å². The highest BCUT2D eigenvalue weighted by molar-refractivity contribution is 9.10. The lowest BCUT2D eigenvalue weighted by atomic mass is 10.1. The van der Waals surface area contributed by atoms with Crippen molar-refractivity contribution in [1.29, 1.82) is 0 Å². The zero-order valence-electron chi connectivity index (χ0n) is 14.0. The van der Waals surface area contributed by atoms with Gasteiger partial charge in [-0.05, 0) is 22.0 Å². The molecular formula is C18H16BrNO5S. The number of halogens is 1. The zero-order chi connectivity index (χ0) is 18.3. The van der Waals surface area contributed by atoms with Crippen molar-refractivity contribution in [3.05, 3.63) is 43.5 Å². The first-order chi connectivity index (χ1) is 12.6. The van der Waals surface area contributed by atoms with Crippen molar-refractivity contribution in [3.63, 3.8) is 0 Å². The molecule has 1 saturated heterocycles. The molecule has 3 aromatic rings. The average molecular weight is 438 g/mol. The van der Waals surface area contributed by atoms with Gasteiger partial charge in [0.2, 0.25) is 0 Å². The minimum Gasteiger partial charge on any atom is -0.465 e. The molecule has 0 aliphatic carbocycles. The highest BCUT2D eigenvalue weighted by atomic mass is 79.9. The topological polar surface area (TPSA) is 69.0 Å². The van der Waals surface area contributed by atoms with Crippen molar-refractivity contribution in [2.45, 2.75) is 6.54 Å². The van der Waals surface area contributed by atoms with E-state index in [2.05, 4.69) is 25.6 Å². The van der Waals surface area contributed by atoms with Crippen molar-refractivity contribution >= 4 is 54.3 Å². The van der Waals surface area contributed by atoms with Gasteiger partial charge in [-0.15, -0.1) is 11.3 Å². The molecule has 1 aliphatic rings. The predicted molar refractivity (Wildman–Crippen MR) is 103 cm³/mol. The molecule has 0 radical (unpaired) electrons. The third-order valence-corrected chi connectivity index (χ3v) is 6.80. The number of rotatable bonds is 3. The SMILES string of the molecule is COC(=O)c1cc2ccc3c(Br)c(CN4CCOCC4)sc3c2oc1=O. The molecule has 2 aromatic heterocycles. The van der Waals surface area contributed by atoms with Gasteiger partial charge < -0.3 is 13.9 Å². The Morgan fingerprint density at radius 1 is 1.35 bits per heavy atom. The molecular weight excluding hydrogens is 422 g/mol. The van der Waals surface area contributed by atoms with Crippen LogP contribution in [-0.4, -0.2) is 44.3 Å². The summed E-state index contributed by atoms with van der Waals surface area (Å²) in [5.74, 6) is -0.693. The summed E-state index contributed by atoms with van der Waals surface area (Å²) in [6.07, 6.45) is 0. The van der Waals surface area contributed by atoms with Crippen molar-refractivity contribution < 1.29 is 18.7 Å². The maximum Gasteiger partial charge on any atom is 0.351 e. The maximum absolute atomic E-state index is 12.2. The van der Waals surface area contributed by atoms with Gasteiger partial charge in [-0.3, -0.25) is 4.90 Å². The van der Waals surface area contributed by atoms with Crippen LogP contribution in [0.25, 0.3) is 21.1 Å². The first kappa shape index (κ1) is 17.7. The third-order valence-electron chi connectivity index (χ3n) is 4.44. The molecule has 0 spiro atoms. The number of thiophene rings is 1. The van der Waals surface area contributed by atoms with Crippen LogP contribution < -0.4 is 5.63 Å². The number of hydrogen-bond donors (Lipinski definition) is 0. The highest BCUT2D eigenvalue weighted by Gasteiger charge is 2.20. The average Bonchev–Trinajstić information content (AvgIpc) is 2.98. The molecule has 1 fully saturated rings. The van der Waals surface area contributed by atoms with Crippen LogP contribution >= 0.6 is 27.3 Å². The quantitative estimate of drug-likeness (QED) is 0.462. The number of methoxy groups -OCH3 is 1. The molecule has 0 atom stereocenters. The zero-order valence-corrected chi connectivity index (χ0v) is 16.4. The maximum atomic E-state index is 12.2. The lowest BCUT2D eigenvalue weighted by Gasteiger charge is -2.26. The summed E-state index contributed by atoms with van der Waals surface area (Å²) in [5.41, 5.74) is -0.279. The molecule has 0 amide bonds. The first-order valence-corrected chi connectivity index (χ1v) is 9.75. The second-order valence-corrected chi connectivity index (χ2v) is 7.93. The van der Waals surface area contributed by atoms with Crippen LogP contribution in [0.4, 0.5) is 0 Å². The second-order valence-electron chi connectivity index (χ2n) is 6.03. The fraction of sp³-hybridized carbons (Fsp3) is 0.333. The summed E-state index contributed by atoms with van der Waals surface area (Å²) in [7, 11) is 1.24. The van der Waals surface area contributed by atoms with E-state index in [1.165, 1.54) is 18.1 Å². The third kappa shape index (κ3) is 3.07. The molecule has 1 aromatic carbocycles. The van der Waals surface area contributed by atoms with Crippen LogP contribution in [0.15, 0.2) is 31.9 Å². The number of carbonyl (C=O) groups excluding carboxylic acids is 1. The van der Waals surface area contributed by atoms with Crippen molar-refractivity contribution in [1.82, 2.24) is 4.90 Å². The van der Waals surface area contributed by atoms with E-state index in [4.69, 9.17) is 9.15 Å². The van der Waals surface area contributed by atoms with Crippen LogP contribution in [0.5, 0.6) is 0 Å². The summed E-state index contributed by atoms with van der Waals surface area (Å²) in [4.78, 5) is 27.4. The van der Waals surface area contributed by atoms with Crippen molar-refractivity contribution in [3.8, 4) is 0 Å². The van der Waals surface area contributed by atoms with E-state index >= 15 is 0 Å². The molecule has 3 heterocycles. The monoisotopic (exact) mass is 437 g/mol. The lowest BCUT2D eigenvalue weighted by Crippen LogP contribution is -2.35. The normalized spacial score (nSPS) is 15.6. The van der Waals surface area contributed by atoms with Gasteiger partial charge in [0.15, 0.2) is 5.58 Å². The van der Waals surface area contributed by atoms with Gasteiger partial charge in [0, 0.05) is 39.8 Å². The van der Waals surface area contributed by atoms with E-state index in [1.54, 1.807) is 11.3 Å². The summed E-state index contributed by atoms with van der Waals surface area (Å²) >= 11 is 5.29. The van der Waals surface area contributed by atoms with Crippen LogP contribution in [0.1, 0.15) is 15.2 Å². The first-order valence-electron chi connectivity index (χ1n) is 8.14. The summed E-state index contributed by atoms with van der Waals surface area (Å²) in [6, 6.07) is 5.35. The second kappa shape index (κ2) is 7.11. The fourth-order valence-electron chi connectivity index (χ4n) is 3.07. The number of benzene rings is 1. The molecule has 26 heavy (non-hydrogen) atoms. The van der Waals surface area contributed by atoms with Gasteiger partial charge in [0.25, 0.3) is 0 Å². The largest absolute Gasteiger partial charge is 0.465 e. The molecule has 4 rings (SSSR count). The standard InChI is InChI=1S/C18H16BrNO5S/c1-23-17(21)12-8-10-2-3-11-14(19)13(9-20-4-6-24-7-5-20)26-16(11)15(10)25-18(12)22/h2-3,8H,4-7,9H2,1H3. The van der Waals surface area contributed by atoms with E-state index in [0.29, 0.717) is 11.0 Å². The molecule has 0 unspecified atom stereocenters. The molecule has 6 nitrogen and oxygen atoms in total. The van der Waals surface area contributed by atoms with Crippen molar-refractivity contribution in [2.24, 2.45) is 0 Å². The van der Waals surface area contributed by atoms with Gasteiger partial charge >= 0.3 is 11.6 Å². The molecule has 8 heteroatoms. The Balaban J connectivity index is 1.82. The van der Waals surface area contributed by atoms with E-state index in [0.717, 1.165) is 47.4 Å². The summed E-state index contributed by atoms with van der Waals surface area (Å²) in [5, 5.41) is 1.70. The number of nitrogens with zero attached hydrogens (tertiary/aromatic N) is 1. The van der Waals surface area contributed by atoms with Gasteiger partial charge in [-0.25, -0.2) is 9.59 Å². The smallest absolute Gasteiger partial charge is 0.351 e. The molecule has 0 saturated carbocycles. The van der Waals surface area contributed by atoms with Crippen LogP contribution in [0, 0.1) is 0 Å². The number of fused-ring (bicyclic) bond motifs is 3. The van der Waals surface area contributed by atoms with E-state index in [-0.39, 0.29) is 5.56 Å². The minimum absolute atomic E-state index is 0.0940. The lowest BCUT2D eigenvalue weighted by molar-refractivity contribution is 0.0345. The van der Waals surface area contributed by atoms with Crippen LogP contribution in [0.2, 0.25) is 0 Å². The number of carbonyl (C=O) groups is 1. The minimum atomic E-state index is -0.693.